The summed E-state index contributed by atoms with van der Waals surface area (Å²) in [5, 5.41) is 5.92. The van der Waals surface area contributed by atoms with E-state index in [9.17, 15) is 14.0 Å². The Morgan fingerprint density at radius 3 is 2.07 bits per heavy atom. The molecule has 228 valence electrons. The smallest absolute Gasteiger partial charge is 0.224 e. The zero-order valence-electron chi connectivity index (χ0n) is 26.1. The van der Waals surface area contributed by atoms with E-state index in [1.54, 1.807) is 62.5 Å². The number of anilines is 2. The predicted octanol–water partition coefficient (Wildman–Crippen LogP) is 7.68. The zero-order valence-corrected chi connectivity index (χ0v) is 26.1. The van der Waals surface area contributed by atoms with Crippen molar-refractivity contribution < 1.29 is 23.5 Å². The van der Waals surface area contributed by atoms with Gasteiger partial charge in [-0.2, -0.15) is 0 Å². The van der Waals surface area contributed by atoms with Crippen molar-refractivity contribution in [2.45, 2.75) is 73.3 Å². The van der Waals surface area contributed by atoms with Gasteiger partial charge in [-0.25, -0.2) is 4.39 Å². The molecule has 2 amide bonds. The average molecular weight is 573 g/mol. The molecule has 0 aromatic heterocycles. The van der Waals surface area contributed by atoms with Crippen molar-refractivity contribution >= 4 is 41.3 Å². The largest absolute Gasteiger partial charge is 0.491 e. The maximum Gasteiger partial charge on any atom is 0.224 e. The summed E-state index contributed by atoms with van der Waals surface area (Å²) in [6, 6.07) is 10.4. The van der Waals surface area contributed by atoms with Crippen molar-refractivity contribution in [1.29, 1.82) is 0 Å². The quantitative estimate of drug-likeness (QED) is 0.138. The van der Waals surface area contributed by atoms with E-state index in [-0.39, 0.29) is 11.5 Å². The number of amides is 2. The minimum absolute atomic E-state index is 0.0282. The van der Waals surface area contributed by atoms with E-state index in [2.05, 4.69) is 36.1 Å². The third kappa shape index (κ3) is 15.6. The van der Waals surface area contributed by atoms with Gasteiger partial charge in [0.1, 0.15) is 18.2 Å². The topological polar surface area (TPSA) is 92.3 Å². The maximum atomic E-state index is 14.8. The van der Waals surface area contributed by atoms with E-state index in [1.165, 1.54) is 18.9 Å². The first-order valence-electron chi connectivity index (χ1n) is 14.1. The van der Waals surface area contributed by atoms with Crippen LogP contribution >= 0.6 is 0 Å². The molecule has 0 aliphatic heterocycles. The molecule has 2 rings (SSSR count). The van der Waals surface area contributed by atoms with Crippen molar-refractivity contribution in [3.8, 4) is 5.75 Å². The lowest BCUT2D eigenvalue weighted by Gasteiger charge is -2.15. The Balaban J connectivity index is 0.00000123. The van der Waals surface area contributed by atoms with Gasteiger partial charge in [0.25, 0.3) is 0 Å². The molecule has 0 radical (unpaired) electrons. The lowest BCUT2D eigenvalue weighted by atomic mass is 10.1. The number of hydrogen-bond acceptors (Lipinski definition) is 6. The zero-order chi connectivity index (χ0) is 31.2. The Kier molecular flexibility index (Phi) is 20.0. The monoisotopic (exact) mass is 572 g/mol. The van der Waals surface area contributed by atoms with Crippen LogP contribution in [0.4, 0.5) is 21.5 Å². The Morgan fingerprint density at radius 2 is 1.63 bits per heavy atom. The molecular weight excluding hydrogens is 523 g/mol. The van der Waals surface area contributed by atoms with Crippen LogP contribution in [0.5, 0.6) is 5.75 Å². The summed E-state index contributed by atoms with van der Waals surface area (Å²) in [4.78, 5) is 27.4. The number of aliphatic imine (C=N–C) groups is 1. The highest BCUT2D eigenvalue weighted by atomic mass is 19.1. The Bertz CT molecular complexity index is 1070. The van der Waals surface area contributed by atoms with Crippen LogP contribution in [-0.2, 0) is 14.3 Å². The molecule has 0 aliphatic rings. The summed E-state index contributed by atoms with van der Waals surface area (Å²) in [7, 11) is 3.33. The van der Waals surface area contributed by atoms with Gasteiger partial charge in [0, 0.05) is 62.0 Å². The van der Waals surface area contributed by atoms with Crippen molar-refractivity contribution in [2.24, 2.45) is 4.99 Å². The molecule has 0 atom stereocenters. The van der Waals surface area contributed by atoms with Gasteiger partial charge in [-0.15, -0.1) is 0 Å². The van der Waals surface area contributed by atoms with Crippen molar-refractivity contribution in [3.63, 3.8) is 0 Å². The van der Waals surface area contributed by atoms with Gasteiger partial charge >= 0.3 is 0 Å². The predicted molar refractivity (Wildman–Crippen MR) is 170 cm³/mol. The van der Waals surface area contributed by atoms with Crippen LogP contribution in [0.1, 0.15) is 72.8 Å². The van der Waals surface area contributed by atoms with Gasteiger partial charge in [-0.3, -0.25) is 14.6 Å². The first kappa shape index (κ1) is 37.3. The normalized spacial score (nSPS) is 10.2. The second-order valence-corrected chi connectivity index (χ2v) is 9.37. The molecule has 41 heavy (non-hydrogen) atoms. The molecule has 0 saturated heterocycles. The van der Waals surface area contributed by atoms with Gasteiger partial charge in [-0.1, -0.05) is 40.2 Å². The van der Waals surface area contributed by atoms with E-state index in [4.69, 9.17) is 9.47 Å². The molecule has 8 nitrogen and oxygen atoms in total. The minimum atomic E-state index is -0.494. The first-order valence-corrected chi connectivity index (χ1v) is 14.1. The first-order chi connectivity index (χ1) is 19.6. The SMILES string of the molecule is C=C(Nc1ccc(NC(=O)CCC)cc1)c1c(F)cc(OCCOC)cc1N=CC.CC(C)N(C)C=O.CCCC. The average Bonchev–Trinajstić information content (AvgIpc) is 2.94. The van der Waals surface area contributed by atoms with E-state index in [0.29, 0.717) is 54.2 Å². The third-order valence-corrected chi connectivity index (χ3v) is 5.59. The second-order valence-electron chi connectivity index (χ2n) is 9.37. The molecule has 0 unspecified atom stereocenters. The highest BCUT2D eigenvalue weighted by Crippen LogP contribution is 2.33. The molecule has 0 fully saturated rings. The summed E-state index contributed by atoms with van der Waals surface area (Å²) < 4.78 is 25.3. The summed E-state index contributed by atoms with van der Waals surface area (Å²) >= 11 is 0. The van der Waals surface area contributed by atoms with Crippen LogP contribution in [0.2, 0.25) is 0 Å². The number of unbranched alkanes of at least 4 members (excludes halogenated alkanes) is 1. The maximum absolute atomic E-state index is 14.8. The standard InChI is InChI=1S/C23H28FN3O3.C5H11NO.C4H10/c1-5-7-22(28)27-18-10-8-17(9-11-18)26-16(3)23-20(24)14-19(30-13-12-29-4)15-21(23)25-6-2;1-5(2)6(3)4-7;1-3-4-2/h6,8-11,14-15,26H,3,5,7,12-13H2,1-2,4H3,(H,27,28);4-5H,1-3H3;3-4H2,1-2H3. The van der Waals surface area contributed by atoms with Gasteiger partial charge in [0.15, 0.2) is 0 Å². The Morgan fingerprint density at radius 1 is 1.05 bits per heavy atom. The molecule has 0 aliphatic carbocycles. The number of benzene rings is 2. The lowest BCUT2D eigenvalue weighted by molar-refractivity contribution is -0.118. The van der Waals surface area contributed by atoms with Gasteiger partial charge < -0.3 is 25.0 Å². The van der Waals surface area contributed by atoms with E-state index < -0.39 is 5.82 Å². The Hall–Kier alpha value is -3.72. The van der Waals surface area contributed by atoms with Crippen LogP contribution in [0.3, 0.4) is 0 Å². The number of nitrogens with zero attached hydrogens (tertiary/aromatic N) is 2. The molecule has 0 heterocycles. The number of methoxy groups -OCH3 is 1. The fourth-order valence-electron chi connectivity index (χ4n) is 2.88. The number of hydrogen-bond donors (Lipinski definition) is 2. The van der Waals surface area contributed by atoms with Crippen LogP contribution in [-0.4, -0.2) is 56.8 Å². The van der Waals surface area contributed by atoms with Gasteiger partial charge in [-0.05, 0) is 51.5 Å². The third-order valence-electron chi connectivity index (χ3n) is 5.59. The highest BCUT2D eigenvalue weighted by molar-refractivity contribution is 5.91. The van der Waals surface area contributed by atoms with Crippen molar-refractivity contribution in [3.05, 3.63) is 54.4 Å². The molecule has 9 heteroatoms. The highest BCUT2D eigenvalue weighted by Gasteiger charge is 2.15. The summed E-state index contributed by atoms with van der Waals surface area (Å²) in [5.41, 5.74) is 2.43. The summed E-state index contributed by atoms with van der Waals surface area (Å²) in [6.45, 7) is 16.7. The van der Waals surface area contributed by atoms with Crippen LogP contribution in [0, 0.1) is 5.82 Å². The summed E-state index contributed by atoms with van der Waals surface area (Å²) in [5.74, 6) is -0.153. The molecule has 2 N–H and O–H groups in total. The van der Waals surface area contributed by atoms with E-state index in [0.717, 1.165) is 12.8 Å². The minimum Gasteiger partial charge on any atom is -0.491 e. The number of carbonyl (C=O) groups excluding carboxylic acids is 2. The van der Waals surface area contributed by atoms with E-state index >= 15 is 0 Å². The fourth-order valence-corrected chi connectivity index (χ4v) is 2.88. The lowest BCUT2D eigenvalue weighted by Crippen LogP contribution is -2.23. The fraction of sp³-hybridized carbons (Fsp3) is 0.469. The van der Waals surface area contributed by atoms with Gasteiger partial charge in [0.05, 0.1) is 17.9 Å². The molecule has 0 saturated carbocycles. The van der Waals surface area contributed by atoms with Gasteiger partial charge in [0.2, 0.25) is 12.3 Å². The van der Waals surface area contributed by atoms with Crippen LogP contribution in [0.25, 0.3) is 5.70 Å². The number of ether oxygens (including phenoxy) is 2. The second kappa shape index (κ2) is 22.0. The van der Waals surface area contributed by atoms with E-state index in [1.807, 2.05) is 20.8 Å². The van der Waals surface area contributed by atoms with Crippen molar-refractivity contribution in [2.75, 3.05) is 38.0 Å². The number of nitrogens with one attached hydrogen (secondary N) is 2. The van der Waals surface area contributed by atoms with Crippen molar-refractivity contribution in [1.82, 2.24) is 4.90 Å². The number of halogens is 1. The van der Waals surface area contributed by atoms with Crippen LogP contribution in [0.15, 0.2) is 48.0 Å². The molecule has 0 bridgehead atoms. The number of carbonyl (C=O) groups is 2. The molecule has 2 aromatic rings. The molecule has 2 aromatic carbocycles. The van der Waals surface area contributed by atoms with Crippen LogP contribution < -0.4 is 15.4 Å². The summed E-state index contributed by atoms with van der Waals surface area (Å²) in [6.07, 6.45) is 6.31. The molecule has 0 spiro atoms. The number of rotatable bonds is 14. The molecular formula is C32H49FN4O4. The Labute approximate surface area is 246 Å².